The van der Waals surface area contributed by atoms with Gasteiger partial charge in [0.1, 0.15) is 0 Å². The molecule has 0 nitrogen and oxygen atoms in total. The van der Waals surface area contributed by atoms with E-state index in [1.54, 1.807) is 0 Å². The highest BCUT2D eigenvalue weighted by molar-refractivity contribution is 7.16. The van der Waals surface area contributed by atoms with E-state index in [2.05, 4.69) is 16.2 Å². The van der Waals surface area contributed by atoms with Crippen LogP contribution in [0.2, 0.25) is 0 Å². The first-order valence-corrected chi connectivity index (χ1v) is 3.93. The fraction of sp³-hybridized carbons (Fsp3) is 0.250. The van der Waals surface area contributed by atoms with Gasteiger partial charge in [-0.25, -0.2) is 0 Å². The zero-order valence-electron chi connectivity index (χ0n) is 6.46. The Morgan fingerprint density at radius 2 is 1.00 bits per heavy atom. The van der Waals surface area contributed by atoms with Crippen LogP contribution in [-0.4, -0.2) is 6.16 Å². The standard InChI is InChI=1S/C6H6.C2H7P.H3P/c1-2-4-6-5-3-1;1-2-3;/h1-6H;2-3H2,1H3;1H3. The Labute approximate surface area is 69.2 Å². The molecule has 0 fully saturated rings. The minimum absolute atomic E-state index is 0. The van der Waals surface area contributed by atoms with E-state index < -0.39 is 0 Å². The first kappa shape index (κ1) is 12.7. The summed E-state index contributed by atoms with van der Waals surface area (Å²) in [5.74, 6) is 0. The van der Waals surface area contributed by atoms with Crippen molar-refractivity contribution in [3.8, 4) is 0 Å². The van der Waals surface area contributed by atoms with Crippen LogP contribution in [0.1, 0.15) is 6.92 Å². The van der Waals surface area contributed by atoms with E-state index in [4.69, 9.17) is 0 Å². The summed E-state index contributed by atoms with van der Waals surface area (Å²) < 4.78 is 0. The molecule has 0 spiro atoms. The molecule has 0 aliphatic heterocycles. The monoisotopic (exact) mass is 174 g/mol. The van der Waals surface area contributed by atoms with Crippen LogP contribution < -0.4 is 0 Å². The van der Waals surface area contributed by atoms with E-state index in [0.29, 0.717) is 0 Å². The molecule has 0 heterocycles. The Kier molecular flexibility index (Phi) is 15.1. The van der Waals surface area contributed by atoms with E-state index in [1.165, 1.54) is 6.16 Å². The van der Waals surface area contributed by atoms with Gasteiger partial charge in [-0.2, -0.15) is 9.90 Å². The molecule has 0 aliphatic rings. The second-order valence-corrected chi connectivity index (χ2v) is 2.38. The molecule has 1 aromatic carbocycles. The van der Waals surface area contributed by atoms with Crippen molar-refractivity contribution >= 4 is 19.1 Å². The van der Waals surface area contributed by atoms with Crippen LogP contribution in [0.5, 0.6) is 0 Å². The van der Waals surface area contributed by atoms with Gasteiger partial charge in [-0.15, -0.1) is 9.24 Å². The Hall–Kier alpha value is 0.0800. The number of benzene rings is 1. The topological polar surface area (TPSA) is 0 Å². The maximum atomic E-state index is 2.58. The zero-order chi connectivity index (χ0) is 6.95. The Morgan fingerprint density at radius 3 is 1.10 bits per heavy atom. The molecule has 0 aromatic heterocycles. The van der Waals surface area contributed by atoms with Crippen molar-refractivity contribution in [1.29, 1.82) is 0 Å². The first-order chi connectivity index (χ1) is 4.41. The van der Waals surface area contributed by atoms with Gasteiger partial charge in [0.25, 0.3) is 0 Å². The number of hydrogen-bond donors (Lipinski definition) is 0. The normalized spacial score (nSPS) is 6.60. The van der Waals surface area contributed by atoms with E-state index in [-0.39, 0.29) is 9.90 Å². The highest BCUT2D eigenvalue weighted by Gasteiger charge is 1.57. The number of hydrogen-bond acceptors (Lipinski definition) is 0. The Balaban J connectivity index is 0. The predicted octanol–water partition coefficient (Wildman–Crippen LogP) is 2.63. The van der Waals surface area contributed by atoms with E-state index in [1.807, 2.05) is 36.4 Å². The van der Waals surface area contributed by atoms with Gasteiger partial charge in [0.15, 0.2) is 0 Å². The largest absolute Gasteiger partial charge is 0.153 e. The summed E-state index contributed by atoms with van der Waals surface area (Å²) in [5, 5.41) is 0. The zero-order valence-corrected chi connectivity index (χ0v) is 9.02. The summed E-state index contributed by atoms with van der Waals surface area (Å²) in [6.07, 6.45) is 1.17. The van der Waals surface area contributed by atoms with Crippen LogP contribution >= 0.6 is 19.1 Å². The molecule has 0 N–H and O–H groups in total. The molecule has 2 unspecified atom stereocenters. The molecule has 10 heavy (non-hydrogen) atoms. The molecular formula is C8H16P2. The van der Waals surface area contributed by atoms with Crippen molar-refractivity contribution < 1.29 is 0 Å². The Morgan fingerprint density at radius 1 is 0.900 bits per heavy atom. The third-order valence-corrected chi connectivity index (χ3v) is 0.667. The predicted molar refractivity (Wildman–Crippen MR) is 57.8 cm³/mol. The molecular weight excluding hydrogens is 158 g/mol. The van der Waals surface area contributed by atoms with E-state index >= 15 is 0 Å². The van der Waals surface area contributed by atoms with Crippen LogP contribution in [0.3, 0.4) is 0 Å². The van der Waals surface area contributed by atoms with Crippen LogP contribution in [-0.2, 0) is 0 Å². The van der Waals surface area contributed by atoms with Crippen LogP contribution in [0, 0.1) is 0 Å². The van der Waals surface area contributed by atoms with Crippen molar-refractivity contribution in [2.24, 2.45) is 0 Å². The lowest BCUT2D eigenvalue weighted by Crippen LogP contribution is -1.47. The smallest absolute Gasteiger partial charge is 0.0410 e. The maximum Gasteiger partial charge on any atom is -0.0410 e. The van der Waals surface area contributed by atoms with Gasteiger partial charge in [-0.3, -0.25) is 0 Å². The third-order valence-electron chi connectivity index (χ3n) is 0.667. The van der Waals surface area contributed by atoms with Gasteiger partial charge in [0.05, 0.1) is 0 Å². The molecule has 0 radical (unpaired) electrons. The summed E-state index contributed by atoms with van der Waals surface area (Å²) in [4.78, 5) is 0. The summed E-state index contributed by atoms with van der Waals surface area (Å²) in [6, 6.07) is 12.0. The van der Waals surface area contributed by atoms with Crippen molar-refractivity contribution in [3.63, 3.8) is 0 Å². The molecule has 1 aromatic rings. The van der Waals surface area contributed by atoms with Gasteiger partial charge in [0, 0.05) is 0 Å². The lowest BCUT2D eigenvalue weighted by atomic mass is 10.4. The lowest BCUT2D eigenvalue weighted by Gasteiger charge is -1.69. The third kappa shape index (κ3) is 11.0. The van der Waals surface area contributed by atoms with Crippen molar-refractivity contribution in [3.05, 3.63) is 36.4 Å². The summed E-state index contributed by atoms with van der Waals surface area (Å²) in [7, 11) is 2.58. The molecule has 0 amide bonds. The van der Waals surface area contributed by atoms with Gasteiger partial charge < -0.3 is 0 Å². The van der Waals surface area contributed by atoms with E-state index in [9.17, 15) is 0 Å². The van der Waals surface area contributed by atoms with Gasteiger partial charge in [-0.1, -0.05) is 43.3 Å². The quantitative estimate of drug-likeness (QED) is 0.530. The fourth-order valence-electron chi connectivity index (χ4n) is 0.385. The van der Waals surface area contributed by atoms with E-state index in [0.717, 1.165) is 0 Å². The molecule has 1 rings (SSSR count). The van der Waals surface area contributed by atoms with Crippen LogP contribution in [0.15, 0.2) is 36.4 Å². The van der Waals surface area contributed by atoms with Crippen molar-refractivity contribution in [1.82, 2.24) is 0 Å². The minimum Gasteiger partial charge on any atom is -0.153 e. The summed E-state index contributed by atoms with van der Waals surface area (Å²) in [5.41, 5.74) is 0. The van der Waals surface area contributed by atoms with Gasteiger partial charge in [0.2, 0.25) is 0 Å². The number of rotatable bonds is 0. The second-order valence-electron chi connectivity index (χ2n) is 1.56. The molecule has 0 bridgehead atoms. The highest BCUT2D eigenvalue weighted by atomic mass is 31.0. The average Bonchev–Trinajstić information content (AvgIpc) is 1.93. The lowest BCUT2D eigenvalue weighted by molar-refractivity contribution is 1.53. The maximum absolute atomic E-state index is 2.58. The minimum atomic E-state index is 0. The van der Waals surface area contributed by atoms with Crippen LogP contribution in [0.4, 0.5) is 0 Å². The van der Waals surface area contributed by atoms with Crippen molar-refractivity contribution in [2.45, 2.75) is 6.92 Å². The second kappa shape index (κ2) is 11.8. The molecule has 2 atom stereocenters. The van der Waals surface area contributed by atoms with Gasteiger partial charge >= 0.3 is 0 Å². The average molecular weight is 174 g/mol. The molecule has 0 aliphatic carbocycles. The molecule has 0 saturated carbocycles. The molecule has 0 saturated heterocycles. The summed E-state index contributed by atoms with van der Waals surface area (Å²) in [6.45, 7) is 2.09. The van der Waals surface area contributed by atoms with Crippen molar-refractivity contribution in [2.75, 3.05) is 6.16 Å². The SMILES string of the molecule is CCP.P.c1ccccc1. The molecule has 2 heteroatoms. The van der Waals surface area contributed by atoms with Crippen LogP contribution in [0.25, 0.3) is 0 Å². The summed E-state index contributed by atoms with van der Waals surface area (Å²) >= 11 is 0. The fourth-order valence-corrected chi connectivity index (χ4v) is 0.385. The van der Waals surface area contributed by atoms with Gasteiger partial charge in [-0.05, 0) is 6.16 Å². The Bertz CT molecular complexity index is 90.1. The highest BCUT2D eigenvalue weighted by Crippen LogP contribution is 1.79. The first-order valence-electron chi connectivity index (χ1n) is 3.12. The molecule has 58 valence electrons.